The van der Waals surface area contributed by atoms with Gasteiger partial charge in [0.25, 0.3) is 0 Å². The van der Waals surface area contributed by atoms with E-state index in [1.165, 1.54) is 12.0 Å². The second kappa shape index (κ2) is 5.12. The van der Waals surface area contributed by atoms with E-state index in [4.69, 9.17) is 0 Å². The number of likely N-dealkylation sites (tertiary alicyclic amines) is 1. The molecule has 1 fully saturated rings. The van der Waals surface area contributed by atoms with Crippen LogP contribution in [0.5, 0.6) is 0 Å². The highest BCUT2D eigenvalue weighted by molar-refractivity contribution is 5.77. The molecule has 0 aromatic heterocycles. The Labute approximate surface area is 96.5 Å². The Bertz CT molecular complexity index is 350. The molecule has 3 heteroatoms. The van der Waals surface area contributed by atoms with Crippen LogP contribution in [0.3, 0.4) is 0 Å². The van der Waals surface area contributed by atoms with Gasteiger partial charge in [-0.3, -0.25) is 9.69 Å². The van der Waals surface area contributed by atoms with E-state index in [-0.39, 0.29) is 5.91 Å². The number of benzene rings is 1. The Morgan fingerprint density at radius 2 is 2.19 bits per heavy atom. The van der Waals surface area contributed by atoms with Gasteiger partial charge in [0, 0.05) is 13.1 Å². The molecule has 0 radical (unpaired) electrons. The Morgan fingerprint density at radius 3 is 2.88 bits per heavy atom. The lowest BCUT2D eigenvalue weighted by atomic mass is 10.0. The number of amides is 1. The zero-order valence-electron chi connectivity index (χ0n) is 9.65. The van der Waals surface area contributed by atoms with Crippen molar-refractivity contribution >= 4 is 5.91 Å². The predicted octanol–water partition coefficient (Wildman–Crippen LogP) is 1.57. The van der Waals surface area contributed by atoms with Crippen LogP contribution in [-0.4, -0.2) is 30.9 Å². The maximum Gasteiger partial charge on any atom is 0.233 e. The lowest BCUT2D eigenvalue weighted by Crippen LogP contribution is -2.35. The summed E-state index contributed by atoms with van der Waals surface area (Å²) >= 11 is 0. The molecule has 1 aliphatic rings. The molecule has 1 aromatic rings. The molecule has 1 N–H and O–H groups in total. The van der Waals surface area contributed by atoms with Crippen LogP contribution < -0.4 is 5.32 Å². The van der Waals surface area contributed by atoms with E-state index in [1.807, 2.05) is 6.07 Å². The molecular weight excluding hydrogens is 200 g/mol. The molecule has 0 spiro atoms. The van der Waals surface area contributed by atoms with E-state index in [9.17, 15) is 4.79 Å². The van der Waals surface area contributed by atoms with Crippen LogP contribution in [-0.2, 0) is 4.79 Å². The predicted molar refractivity (Wildman–Crippen MR) is 64.1 cm³/mol. The largest absolute Gasteiger partial charge is 0.358 e. The van der Waals surface area contributed by atoms with E-state index in [2.05, 4.69) is 34.5 Å². The van der Waals surface area contributed by atoms with Gasteiger partial charge >= 0.3 is 0 Å². The first kappa shape index (κ1) is 11.1. The van der Waals surface area contributed by atoms with Gasteiger partial charge in [-0.25, -0.2) is 0 Å². The first-order chi connectivity index (χ1) is 7.81. The van der Waals surface area contributed by atoms with Crippen LogP contribution in [0.4, 0.5) is 0 Å². The molecule has 3 nitrogen and oxygen atoms in total. The van der Waals surface area contributed by atoms with E-state index in [0.29, 0.717) is 12.6 Å². The van der Waals surface area contributed by atoms with E-state index in [1.54, 1.807) is 7.05 Å². The molecule has 0 saturated carbocycles. The molecule has 0 unspecified atom stereocenters. The van der Waals surface area contributed by atoms with Crippen molar-refractivity contribution in [1.82, 2.24) is 10.2 Å². The molecule has 1 saturated heterocycles. The summed E-state index contributed by atoms with van der Waals surface area (Å²) in [6.45, 7) is 1.53. The third-order valence-electron chi connectivity index (χ3n) is 3.17. The van der Waals surface area contributed by atoms with Crippen LogP contribution in [0.15, 0.2) is 30.3 Å². The van der Waals surface area contributed by atoms with Gasteiger partial charge in [-0.05, 0) is 24.9 Å². The Kier molecular flexibility index (Phi) is 3.57. The van der Waals surface area contributed by atoms with Crippen LogP contribution >= 0.6 is 0 Å². The normalized spacial score (nSPS) is 20.9. The minimum atomic E-state index is 0.0998. The SMILES string of the molecule is CNC(=O)CN1CCC[C@@H]1c1ccccc1. The number of hydrogen-bond donors (Lipinski definition) is 1. The molecule has 1 aliphatic heterocycles. The molecule has 1 atom stereocenters. The molecule has 0 bridgehead atoms. The lowest BCUT2D eigenvalue weighted by Gasteiger charge is -2.23. The van der Waals surface area contributed by atoms with Crippen molar-refractivity contribution < 1.29 is 4.79 Å². The minimum absolute atomic E-state index is 0.0998. The number of hydrogen-bond acceptors (Lipinski definition) is 2. The van der Waals surface area contributed by atoms with Gasteiger partial charge in [-0.15, -0.1) is 0 Å². The maximum absolute atomic E-state index is 11.4. The number of carbonyl (C=O) groups excluding carboxylic acids is 1. The van der Waals surface area contributed by atoms with Gasteiger partial charge in [-0.1, -0.05) is 30.3 Å². The van der Waals surface area contributed by atoms with Crippen molar-refractivity contribution in [3.05, 3.63) is 35.9 Å². The van der Waals surface area contributed by atoms with Gasteiger partial charge in [0.05, 0.1) is 6.54 Å². The summed E-state index contributed by atoms with van der Waals surface area (Å²) in [5.41, 5.74) is 1.32. The molecule has 1 aromatic carbocycles. The van der Waals surface area contributed by atoms with Gasteiger partial charge in [0.1, 0.15) is 0 Å². The highest BCUT2D eigenvalue weighted by Crippen LogP contribution is 2.31. The molecule has 1 amide bonds. The first-order valence-corrected chi connectivity index (χ1v) is 5.81. The minimum Gasteiger partial charge on any atom is -0.358 e. The number of carbonyl (C=O) groups is 1. The maximum atomic E-state index is 11.4. The fraction of sp³-hybridized carbons (Fsp3) is 0.462. The summed E-state index contributed by atoms with van der Waals surface area (Å²) in [4.78, 5) is 13.6. The van der Waals surface area contributed by atoms with Crippen molar-refractivity contribution in [3.63, 3.8) is 0 Å². The van der Waals surface area contributed by atoms with Gasteiger partial charge < -0.3 is 5.32 Å². The lowest BCUT2D eigenvalue weighted by molar-refractivity contribution is -0.122. The average Bonchev–Trinajstić information content (AvgIpc) is 2.78. The number of nitrogens with zero attached hydrogens (tertiary/aromatic N) is 1. The van der Waals surface area contributed by atoms with Crippen LogP contribution in [0.2, 0.25) is 0 Å². The van der Waals surface area contributed by atoms with Crippen molar-refractivity contribution in [3.8, 4) is 0 Å². The van der Waals surface area contributed by atoms with Crippen LogP contribution in [0.1, 0.15) is 24.4 Å². The molecule has 2 rings (SSSR count). The Morgan fingerprint density at radius 1 is 1.44 bits per heavy atom. The molecule has 16 heavy (non-hydrogen) atoms. The van der Waals surface area contributed by atoms with Crippen LogP contribution in [0, 0.1) is 0 Å². The number of likely N-dealkylation sites (N-methyl/N-ethyl adjacent to an activating group) is 1. The molecule has 1 heterocycles. The quantitative estimate of drug-likeness (QED) is 0.835. The molecule has 86 valence electrons. The van der Waals surface area contributed by atoms with E-state index in [0.717, 1.165) is 13.0 Å². The van der Waals surface area contributed by atoms with Crippen molar-refractivity contribution in [1.29, 1.82) is 0 Å². The zero-order chi connectivity index (χ0) is 11.4. The monoisotopic (exact) mass is 218 g/mol. The second-order valence-electron chi connectivity index (χ2n) is 4.21. The molecule has 0 aliphatic carbocycles. The fourth-order valence-corrected chi connectivity index (χ4v) is 2.33. The standard InChI is InChI=1S/C13H18N2O/c1-14-13(16)10-15-9-5-8-12(15)11-6-3-2-4-7-11/h2-4,6-7,12H,5,8-10H2,1H3,(H,14,16)/t12-/m1/s1. The summed E-state index contributed by atoms with van der Waals surface area (Å²) in [7, 11) is 1.69. The highest BCUT2D eigenvalue weighted by Gasteiger charge is 2.26. The van der Waals surface area contributed by atoms with E-state index >= 15 is 0 Å². The summed E-state index contributed by atoms with van der Waals surface area (Å²) in [6, 6.07) is 10.9. The summed E-state index contributed by atoms with van der Waals surface area (Å²) in [5, 5.41) is 2.68. The topological polar surface area (TPSA) is 32.3 Å². The smallest absolute Gasteiger partial charge is 0.233 e. The third-order valence-corrected chi connectivity index (χ3v) is 3.17. The van der Waals surface area contributed by atoms with Gasteiger partial charge in [0.2, 0.25) is 5.91 Å². The van der Waals surface area contributed by atoms with Gasteiger partial charge in [0.15, 0.2) is 0 Å². The Balaban J connectivity index is 2.06. The van der Waals surface area contributed by atoms with Crippen molar-refractivity contribution in [2.24, 2.45) is 0 Å². The summed E-state index contributed by atoms with van der Waals surface area (Å²) in [5.74, 6) is 0.0998. The average molecular weight is 218 g/mol. The molecular formula is C13H18N2O. The Hall–Kier alpha value is -1.35. The fourth-order valence-electron chi connectivity index (χ4n) is 2.33. The van der Waals surface area contributed by atoms with Crippen molar-refractivity contribution in [2.45, 2.75) is 18.9 Å². The summed E-state index contributed by atoms with van der Waals surface area (Å²) < 4.78 is 0. The van der Waals surface area contributed by atoms with Gasteiger partial charge in [-0.2, -0.15) is 0 Å². The second-order valence-corrected chi connectivity index (χ2v) is 4.21. The van der Waals surface area contributed by atoms with E-state index < -0.39 is 0 Å². The van der Waals surface area contributed by atoms with Crippen LogP contribution in [0.25, 0.3) is 0 Å². The number of rotatable bonds is 3. The highest BCUT2D eigenvalue weighted by atomic mass is 16.1. The summed E-state index contributed by atoms with van der Waals surface area (Å²) in [6.07, 6.45) is 2.33. The third kappa shape index (κ3) is 2.42. The van der Waals surface area contributed by atoms with Crippen molar-refractivity contribution in [2.75, 3.05) is 20.1 Å². The zero-order valence-corrected chi connectivity index (χ0v) is 9.65. The first-order valence-electron chi connectivity index (χ1n) is 5.81. The number of nitrogens with one attached hydrogen (secondary N) is 1.